The third kappa shape index (κ3) is 7.99. The number of hydrogen-bond donors (Lipinski definition) is 2. The van der Waals surface area contributed by atoms with Crippen LogP contribution in [0, 0.1) is 5.92 Å². The van der Waals surface area contributed by atoms with E-state index >= 15 is 0 Å². The van der Waals surface area contributed by atoms with E-state index in [0.717, 1.165) is 19.0 Å². The molecule has 0 saturated carbocycles. The molecule has 3 nitrogen and oxygen atoms in total. The molecule has 114 valence electrons. The Labute approximate surface area is 144 Å². The van der Waals surface area contributed by atoms with Crippen molar-refractivity contribution < 1.29 is 0 Å². The van der Waals surface area contributed by atoms with Crippen molar-refractivity contribution in [3.63, 3.8) is 0 Å². The summed E-state index contributed by atoms with van der Waals surface area (Å²) in [6.45, 7) is 9.00. The Morgan fingerprint density at radius 3 is 2.35 bits per heavy atom. The molecular weight excluding hydrogens is 381 g/mol. The van der Waals surface area contributed by atoms with Crippen molar-refractivity contribution in [3.8, 4) is 0 Å². The molecule has 0 aliphatic rings. The van der Waals surface area contributed by atoms with Gasteiger partial charge in [-0.05, 0) is 36.8 Å². The topological polar surface area (TPSA) is 36.4 Å². The fourth-order valence-corrected chi connectivity index (χ4v) is 1.95. The molecule has 0 spiro atoms. The second kappa shape index (κ2) is 11.3. The fraction of sp³-hybridized carbons (Fsp3) is 0.533. The largest absolute Gasteiger partial charge is 0.357 e. The van der Waals surface area contributed by atoms with E-state index < -0.39 is 0 Å². The SMILES string of the molecule is CCNC(=NCc1ccc(SC)cc1)NCC(C)C.I. The molecule has 2 N–H and O–H groups in total. The summed E-state index contributed by atoms with van der Waals surface area (Å²) in [5, 5.41) is 6.61. The number of hydrogen-bond acceptors (Lipinski definition) is 2. The second-order valence-corrected chi connectivity index (χ2v) is 5.70. The first-order valence-electron chi connectivity index (χ1n) is 6.80. The Bertz CT molecular complexity index is 391. The van der Waals surface area contributed by atoms with Gasteiger partial charge in [0.1, 0.15) is 0 Å². The molecule has 0 atom stereocenters. The zero-order valence-corrected chi connectivity index (χ0v) is 15.9. The number of halogens is 1. The Morgan fingerprint density at radius 2 is 1.85 bits per heavy atom. The maximum absolute atomic E-state index is 4.60. The van der Waals surface area contributed by atoms with E-state index in [1.165, 1.54) is 10.5 Å². The fourth-order valence-electron chi connectivity index (χ4n) is 1.54. The summed E-state index contributed by atoms with van der Waals surface area (Å²) in [6.07, 6.45) is 2.09. The van der Waals surface area contributed by atoms with E-state index in [-0.39, 0.29) is 24.0 Å². The number of guanidine groups is 1. The lowest BCUT2D eigenvalue weighted by Crippen LogP contribution is -2.39. The molecule has 0 aliphatic carbocycles. The summed E-state index contributed by atoms with van der Waals surface area (Å²) >= 11 is 1.76. The summed E-state index contributed by atoms with van der Waals surface area (Å²) in [7, 11) is 0. The van der Waals surface area contributed by atoms with Gasteiger partial charge in [0.25, 0.3) is 0 Å². The third-order valence-corrected chi connectivity index (χ3v) is 3.34. The molecule has 1 rings (SSSR count). The monoisotopic (exact) mass is 407 g/mol. The van der Waals surface area contributed by atoms with Crippen LogP contribution in [0.3, 0.4) is 0 Å². The Hall–Kier alpha value is -0.430. The summed E-state index contributed by atoms with van der Waals surface area (Å²) < 4.78 is 0. The summed E-state index contributed by atoms with van der Waals surface area (Å²) in [5.41, 5.74) is 1.24. The lowest BCUT2D eigenvalue weighted by Gasteiger charge is -2.13. The van der Waals surface area contributed by atoms with Gasteiger partial charge < -0.3 is 10.6 Å². The zero-order valence-electron chi connectivity index (χ0n) is 12.8. The Balaban J connectivity index is 0.00000361. The molecule has 0 saturated heterocycles. The molecule has 0 unspecified atom stereocenters. The van der Waals surface area contributed by atoms with E-state index in [1.807, 2.05) is 0 Å². The maximum Gasteiger partial charge on any atom is 0.191 e. The van der Waals surface area contributed by atoms with Crippen LogP contribution in [0.5, 0.6) is 0 Å². The van der Waals surface area contributed by atoms with E-state index in [2.05, 4.69) is 66.9 Å². The van der Waals surface area contributed by atoms with Gasteiger partial charge in [-0.3, -0.25) is 0 Å². The highest BCUT2D eigenvalue weighted by Crippen LogP contribution is 2.15. The summed E-state index contributed by atoms with van der Waals surface area (Å²) in [4.78, 5) is 5.89. The van der Waals surface area contributed by atoms with Crippen molar-refractivity contribution in [1.82, 2.24) is 10.6 Å². The van der Waals surface area contributed by atoms with Gasteiger partial charge in [-0.25, -0.2) is 4.99 Å². The molecular formula is C15H26IN3S. The predicted octanol–water partition coefficient (Wildman–Crippen LogP) is 3.74. The molecule has 20 heavy (non-hydrogen) atoms. The predicted molar refractivity (Wildman–Crippen MR) is 101 cm³/mol. The molecule has 1 aromatic rings. The van der Waals surface area contributed by atoms with Crippen LogP contribution in [0.4, 0.5) is 0 Å². The average Bonchev–Trinajstić information content (AvgIpc) is 2.42. The molecule has 0 aliphatic heterocycles. The summed E-state index contributed by atoms with van der Waals surface area (Å²) in [5.74, 6) is 1.51. The molecule has 0 bridgehead atoms. The number of nitrogens with one attached hydrogen (secondary N) is 2. The molecule has 0 radical (unpaired) electrons. The highest BCUT2D eigenvalue weighted by Gasteiger charge is 1.99. The van der Waals surface area contributed by atoms with Crippen LogP contribution in [0.15, 0.2) is 34.2 Å². The van der Waals surface area contributed by atoms with Gasteiger partial charge >= 0.3 is 0 Å². The van der Waals surface area contributed by atoms with Crippen LogP contribution in [0.25, 0.3) is 0 Å². The Kier molecular flexibility index (Phi) is 11.0. The van der Waals surface area contributed by atoms with Crippen LogP contribution < -0.4 is 10.6 Å². The number of rotatable bonds is 6. The highest BCUT2D eigenvalue weighted by molar-refractivity contribution is 14.0. The lowest BCUT2D eigenvalue weighted by atomic mass is 10.2. The normalized spacial score (nSPS) is 11.2. The number of aliphatic imine (C=N–C) groups is 1. The van der Waals surface area contributed by atoms with E-state index in [4.69, 9.17) is 0 Å². The molecule has 0 fully saturated rings. The van der Waals surface area contributed by atoms with Crippen molar-refractivity contribution in [1.29, 1.82) is 0 Å². The standard InChI is InChI=1S/C15H25N3S.HI/c1-5-16-15(17-10-12(2)3)18-11-13-6-8-14(19-4)9-7-13;/h6-9,12H,5,10-11H2,1-4H3,(H2,16,17,18);1H. The van der Waals surface area contributed by atoms with Crippen molar-refractivity contribution in [2.24, 2.45) is 10.9 Å². The van der Waals surface area contributed by atoms with Crippen molar-refractivity contribution in [2.45, 2.75) is 32.2 Å². The first-order valence-corrected chi connectivity index (χ1v) is 8.03. The van der Waals surface area contributed by atoms with Gasteiger partial charge in [-0.15, -0.1) is 35.7 Å². The Morgan fingerprint density at radius 1 is 1.20 bits per heavy atom. The second-order valence-electron chi connectivity index (χ2n) is 4.82. The lowest BCUT2D eigenvalue weighted by molar-refractivity contribution is 0.615. The van der Waals surface area contributed by atoms with Gasteiger partial charge in [-0.1, -0.05) is 26.0 Å². The first-order chi connectivity index (χ1) is 9.15. The molecule has 0 aromatic heterocycles. The van der Waals surface area contributed by atoms with Crippen LogP contribution in [-0.2, 0) is 6.54 Å². The van der Waals surface area contributed by atoms with E-state index in [9.17, 15) is 0 Å². The highest BCUT2D eigenvalue weighted by atomic mass is 127. The summed E-state index contributed by atoms with van der Waals surface area (Å²) in [6, 6.07) is 8.57. The van der Waals surface area contributed by atoms with E-state index in [1.54, 1.807) is 11.8 Å². The van der Waals surface area contributed by atoms with Crippen LogP contribution >= 0.6 is 35.7 Å². The van der Waals surface area contributed by atoms with Gasteiger partial charge in [0.15, 0.2) is 5.96 Å². The average molecular weight is 407 g/mol. The van der Waals surface area contributed by atoms with E-state index in [0.29, 0.717) is 12.5 Å². The molecule has 0 heterocycles. The van der Waals surface area contributed by atoms with Crippen LogP contribution in [-0.4, -0.2) is 25.3 Å². The molecule has 5 heteroatoms. The maximum atomic E-state index is 4.60. The van der Waals surface area contributed by atoms with Crippen molar-refractivity contribution >= 4 is 41.7 Å². The number of thioether (sulfide) groups is 1. The van der Waals surface area contributed by atoms with Crippen LogP contribution in [0.1, 0.15) is 26.3 Å². The minimum atomic E-state index is 0. The molecule has 1 aromatic carbocycles. The zero-order chi connectivity index (χ0) is 14.1. The smallest absolute Gasteiger partial charge is 0.191 e. The van der Waals surface area contributed by atoms with Gasteiger partial charge in [0, 0.05) is 18.0 Å². The van der Waals surface area contributed by atoms with Crippen molar-refractivity contribution in [3.05, 3.63) is 29.8 Å². The quantitative estimate of drug-likeness (QED) is 0.327. The number of nitrogens with zero attached hydrogens (tertiary/aromatic N) is 1. The minimum absolute atomic E-state index is 0. The minimum Gasteiger partial charge on any atom is -0.357 e. The van der Waals surface area contributed by atoms with Crippen LogP contribution in [0.2, 0.25) is 0 Å². The van der Waals surface area contributed by atoms with Crippen molar-refractivity contribution in [2.75, 3.05) is 19.3 Å². The van der Waals surface area contributed by atoms with Gasteiger partial charge in [0.05, 0.1) is 6.54 Å². The number of benzene rings is 1. The van der Waals surface area contributed by atoms with Gasteiger partial charge in [-0.2, -0.15) is 0 Å². The molecule has 0 amide bonds. The van der Waals surface area contributed by atoms with Gasteiger partial charge in [0.2, 0.25) is 0 Å². The first kappa shape index (κ1) is 19.6. The third-order valence-electron chi connectivity index (χ3n) is 2.60.